The van der Waals surface area contributed by atoms with Gasteiger partial charge in [-0.25, -0.2) is 0 Å². The Morgan fingerprint density at radius 1 is 1.38 bits per heavy atom. The minimum atomic E-state index is -1.21. The molecule has 0 aliphatic rings. The molecule has 1 rings (SSSR count). The zero-order chi connectivity index (χ0) is 10.1. The molecule has 0 amide bonds. The van der Waals surface area contributed by atoms with Crippen LogP contribution < -0.4 is 5.56 Å². The number of hydrogen-bond donors (Lipinski definition) is 0. The second-order valence-corrected chi connectivity index (χ2v) is 10.7. The van der Waals surface area contributed by atoms with E-state index >= 15 is 0 Å². The van der Waals surface area contributed by atoms with E-state index in [0.717, 1.165) is 10.6 Å². The fourth-order valence-electron chi connectivity index (χ4n) is 1.14. The van der Waals surface area contributed by atoms with E-state index in [1.807, 2.05) is 6.20 Å². The van der Waals surface area contributed by atoms with Gasteiger partial charge < -0.3 is 4.57 Å². The Morgan fingerprint density at radius 2 is 2.00 bits per heavy atom. The van der Waals surface area contributed by atoms with Crippen molar-refractivity contribution >= 4 is 24.0 Å². The molecule has 0 unspecified atom stereocenters. The van der Waals surface area contributed by atoms with Gasteiger partial charge in [0.05, 0.1) is 8.07 Å². The summed E-state index contributed by atoms with van der Waals surface area (Å²) in [7, 11) is -1.21. The molecule has 0 radical (unpaired) electrons. The number of hydrogen-bond acceptors (Lipinski definition) is 1. The molecular weight excluding hydrogens is 246 g/mol. The summed E-state index contributed by atoms with van der Waals surface area (Å²) in [6.07, 6.45) is 2.74. The van der Waals surface area contributed by atoms with Gasteiger partial charge >= 0.3 is 0 Å². The standard InChI is InChI=1S/C9H14BrNOSi/c1-13(2,3)7-11-6-8(10)4-5-9(11)12/h4-6H,7H2,1-3H3. The van der Waals surface area contributed by atoms with Gasteiger partial charge in [-0.05, 0) is 22.0 Å². The number of pyridine rings is 1. The van der Waals surface area contributed by atoms with Gasteiger partial charge in [-0.15, -0.1) is 0 Å². The van der Waals surface area contributed by atoms with Crippen molar-refractivity contribution in [1.82, 2.24) is 4.57 Å². The maximum Gasteiger partial charge on any atom is 0.250 e. The Kier molecular flexibility index (Phi) is 3.13. The molecule has 0 atom stereocenters. The van der Waals surface area contributed by atoms with Crippen molar-refractivity contribution < 1.29 is 0 Å². The van der Waals surface area contributed by atoms with Crippen molar-refractivity contribution in [3.8, 4) is 0 Å². The SMILES string of the molecule is C[Si](C)(C)Cn1cc(Br)ccc1=O. The van der Waals surface area contributed by atoms with E-state index in [2.05, 4.69) is 35.6 Å². The van der Waals surface area contributed by atoms with Crippen LogP contribution >= 0.6 is 15.9 Å². The van der Waals surface area contributed by atoms with Crippen LogP contribution in [0.25, 0.3) is 0 Å². The molecule has 1 aromatic heterocycles. The van der Waals surface area contributed by atoms with Gasteiger partial charge in [0.15, 0.2) is 0 Å². The lowest BCUT2D eigenvalue weighted by Gasteiger charge is -2.17. The topological polar surface area (TPSA) is 22.0 Å². The Hall–Kier alpha value is -0.353. The maximum absolute atomic E-state index is 11.4. The summed E-state index contributed by atoms with van der Waals surface area (Å²) >= 11 is 3.36. The van der Waals surface area contributed by atoms with Crippen molar-refractivity contribution in [1.29, 1.82) is 0 Å². The molecule has 0 aliphatic heterocycles. The zero-order valence-electron chi connectivity index (χ0n) is 8.17. The lowest BCUT2D eigenvalue weighted by atomic mass is 10.5. The second-order valence-electron chi connectivity index (χ2n) is 4.37. The predicted octanol–water partition coefficient (Wildman–Crippen LogP) is 2.49. The summed E-state index contributed by atoms with van der Waals surface area (Å²) in [6.45, 7) is 6.75. The highest BCUT2D eigenvalue weighted by Gasteiger charge is 2.14. The van der Waals surface area contributed by atoms with E-state index in [1.54, 1.807) is 16.7 Å². The van der Waals surface area contributed by atoms with Crippen LogP contribution in [0, 0.1) is 0 Å². The van der Waals surface area contributed by atoms with E-state index in [9.17, 15) is 4.79 Å². The van der Waals surface area contributed by atoms with Crippen LogP contribution in [0.4, 0.5) is 0 Å². The number of nitrogens with zero attached hydrogens (tertiary/aromatic N) is 1. The Bertz CT molecular complexity index is 353. The lowest BCUT2D eigenvalue weighted by molar-refractivity contribution is 0.803. The van der Waals surface area contributed by atoms with Crippen molar-refractivity contribution in [3.05, 3.63) is 33.2 Å². The predicted molar refractivity (Wildman–Crippen MR) is 61.7 cm³/mol. The van der Waals surface area contributed by atoms with Gasteiger partial charge in [0.1, 0.15) is 0 Å². The average molecular weight is 260 g/mol. The van der Waals surface area contributed by atoms with Gasteiger partial charge in [-0.2, -0.15) is 0 Å². The summed E-state index contributed by atoms with van der Waals surface area (Å²) in [6, 6.07) is 3.38. The summed E-state index contributed by atoms with van der Waals surface area (Å²) in [4.78, 5) is 11.4. The Morgan fingerprint density at radius 3 is 2.54 bits per heavy atom. The van der Waals surface area contributed by atoms with E-state index in [-0.39, 0.29) is 5.56 Å². The Labute approximate surface area is 87.7 Å². The first-order valence-corrected chi connectivity index (χ1v) is 8.74. The molecule has 0 N–H and O–H groups in total. The van der Waals surface area contributed by atoms with Gasteiger partial charge in [-0.1, -0.05) is 19.6 Å². The minimum absolute atomic E-state index is 0.0885. The van der Waals surface area contributed by atoms with E-state index in [4.69, 9.17) is 0 Å². The first kappa shape index (κ1) is 10.7. The fraction of sp³-hybridized carbons (Fsp3) is 0.444. The van der Waals surface area contributed by atoms with Crippen LogP contribution in [-0.4, -0.2) is 12.6 Å². The second kappa shape index (κ2) is 3.80. The third-order valence-corrected chi connectivity index (χ3v) is 3.35. The van der Waals surface area contributed by atoms with Crippen molar-refractivity contribution in [2.24, 2.45) is 0 Å². The minimum Gasteiger partial charge on any atom is -0.317 e. The molecule has 2 nitrogen and oxygen atoms in total. The monoisotopic (exact) mass is 259 g/mol. The molecule has 0 saturated carbocycles. The molecule has 0 fully saturated rings. The van der Waals surface area contributed by atoms with E-state index in [0.29, 0.717) is 0 Å². The summed E-state index contributed by atoms with van der Waals surface area (Å²) in [5.74, 6) is 0. The summed E-state index contributed by atoms with van der Waals surface area (Å²) < 4.78 is 2.75. The average Bonchev–Trinajstić information content (AvgIpc) is 1.94. The fourth-order valence-corrected chi connectivity index (χ4v) is 2.79. The first-order valence-electron chi connectivity index (χ1n) is 4.24. The number of halogens is 1. The van der Waals surface area contributed by atoms with Crippen LogP contribution in [0.2, 0.25) is 19.6 Å². The van der Waals surface area contributed by atoms with Gasteiger partial charge in [0.25, 0.3) is 0 Å². The molecular formula is C9H14BrNOSi. The molecule has 0 bridgehead atoms. The molecule has 1 aromatic rings. The third-order valence-electron chi connectivity index (χ3n) is 1.59. The van der Waals surface area contributed by atoms with Crippen molar-refractivity contribution in [2.75, 3.05) is 0 Å². The van der Waals surface area contributed by atoms with Crippen LogP contribution in [-0.2, 0) is 6.17 Å². The number of rotatable bonds is 2. The van der Waals surface area contributed by atoms with E-state index in [1.165, 1.54) is 0 Å². The van der Waals surface area contributed by atoms with Crippen molar-refractivity contribution in [2.45, 2.75) is 25.8 Å². The molecule has 0 spiro atoms. The molecule has 0 aromatic carbocycles. The maximum atomic E-state index is 11.4. The zero-order valence-corrected chi connectivity index (χ0v) is 10.8. The van der Waals surface area contributed by atoms with Crippen LogP contribution in [0.5, 0.6) is 0 Å². The molecule has 0 saturated heterocycles. The summed E-state index contributed by atoms with van der Waals surface area (Å²) in [5, 5.41) is 0. The highest BCUT2D eigenvalue weighted by molar-refractivity contribution is 9.10. The first-order chi connectivity index (χ1) is 5.88. The van der Waals surface area contributed by atoms with Gasteiger partial charge in [0, 0.05) is 22.9 Å². The quantitative estimate of drug-likeness (QED) is 0.749. The molecule has 0 aliphatic carbocycles. The lowest BCUT2D eigenvalue weighted by Crippen LogP contribution is -2.33. The van der Waals surface area contributed by atoms with Gasteiger partial charge in [0.2, 0.25) is 5.56 Å². The van der Waals surface area contributed by atoms with Gasteiger partial charge in [-0.3, -0.25) is 4.79 Å². The molecule has 1 heterocycles. The third kappa shape index (κ3) is 3.48. The Balaban J connectivity index is 3.01. The highest BCUT2D eigenvalue weighted by Crippen LogP contribution is 2.08. The number of aromatic nitrogens is 1. The smallest absolute Gasteiger partial charge is 0.250 e. The normalized spacial score (nSPS) is 11.7. The van der Waals surface area contributed by atoms with Crippen LogP contribution in [0.15, 0.2) is 27.6 Å². The summed E-state index contributed by atoms with van der Waals surface area (Å²) in [5.41, 5.74) is 0.0885. The van der Waals surface area contributed by atoms with E-state index < -0.39 is 8.07 Å². The largest absolute Gasteiger partial charge is 0.317 e. The molecule has 13 heavy (non-hydrogen) atoms. The molecule has 72 valence electrons. The van der Waals surface area contributed by atoms with Crippen LogP contribution in [0.1, 0.15) is 0 Å². The van der Waals surface area contributed by atoms with Crippen LogP contribution in [0.3, 0.4) is 0 Å². The molecule has 4 heteroatoms. The van der Waals surface area contributed by atoms with Crippen molar-refractivity contribution in [3.63, 3.8) is 0 Å². The highest BCUT2D eigenvalue weighted by atomic mass is 79.9.